The largest absolute Gasteiger partial charge is 0.497 e. The standard InChI is InChI=1S/C18H24O5/c1-13-4-9-17(18(19)21-3)23-16(13)10-11-22-12-14-5-7-15(20-2)8-6-14/h4-9,13,16-17H,10-12H2,1-3H3/t13-,16+,17-/m0/s1. The van der Waals surface area contributed by atoms with E-state index in [0.717, 1.165) is 17.7 Å². The molecule has 5 nitrogen and oxygen atoms in total. The maximum Gasteiger partial charge on any atom is 0.339 e. The number of carbonyl (C=O) groups excluding carboxylic acids is 1. The molecule has 0 spiro atoms. The van der Waals surface area contributed by atoms with Gasteiger partial charge in [-0.3, -0.25) is 0 Å². The number of benzene rings is 1. The maximum absolute atomic E-state index is 11.5. The van der Waals surface area contributed by atoms with Crippen molar-refractivity contribution in [1.29, 1.82) is 0 Å². The summed E-state index contributed by atoms with van der Waals surface area (Å²) in [5.41, 5.74) is 1.09. The van der Waals surface area contributed by atoms with Crippen LogP contribution in [0.15, 0.2) is 36.4 Å². The third-order valence-corrected chi connectivity index (χ3v) is 3.91. The van der Waals surface area contributed by atoms with Crippen LogP contribution in [-0.2, 0) is 25.6 Å². The summed E-state index contributed by atoms with van der Waals surface area (Å²) < 4.78 is 21.3. The van der Waals surface area contributed by atoms with E-state index in [0.29, 0.717) is 13.2 Å². The predicted octanol–water partition coefficient (Wildman–Crippen LogP) is 2.73. The Kier molecular flexibility index (Phi) is 6.62. The quantitative estimate of drug-likeness (QED) is 0.439. The Labute approximate surface area is 137 Å². The summed E-state index contributed by atoms with van der Waals surface area (Å²) >= 11 is 0. The Balaban J connectivity index is 1.74. The van der Waals surface area contributed by atoms with Gasteiger partial charge >= 0.3 is 5.97 Å². The van der Waals surface area contributed by atoms with E-state index in [1.54, 1.807) is 13.2 Å². The zero-order chi connectivity index (χ0) is 16.7. The van der Waals surface area contributed by atoms with Gasteiger partial charge in [-0.2, -0.15) is 0 Å². The van der Waals surface area contributed by atoms with Crippen molar-refractivity contribution in [3.05, 3.63) is 42.0 Å². The zero-order valence-electron chi connectivity index (χ0n) is 13.9. The molecule has 1 aliphatic rings. The first kappa shape index (κ1) is 17.5. The molecule has 0 saturated carbocycles. The number of rotatable bonds is 7. The fourth-order valence-corrected chi connectivity index (χ4v) is 2.45. The van der Waals surface area contributed by atoms with Crippen LogP contribution >= 0.6 is 0 Å². The molecule has 1 aromatic carbocycles. The molecular formula is C18H24O5. The number of carbonyl (C=O) groups is 1. The van der Waals surface area contributed by atoms with Crippen molar-refractivity contribution in [3.63, 3.8) is 0 Å². The maximum atomic E-state index is 11.5. The Morgan fingerprint density at radius 1 is 1.17 bits per heavy atom. The van der Waals surface area contributed by atoms with E-state index in [1.165, 1.54) is 7.11 Å². The first-order valence-electron chi connectivity index (χ1n) is 7.76. The summed E-state index contributed by atoms with van der Waals surface area (Å²) in [6.07, 6.45) is 3.84. The number of hydrogen-bond acceptors (Lipinski definition) is 5. The van der Waals surface area contributed by atoms with Crippen molar-refractivity contribution in [3.8, 4) is 5.75 Å². The molecular weight excluding hydrogens is 296 g/mol. The van der Waals surface area contributed by atoms with Gasteiger partial charge in [0.2, 0.25) is 0 Å². The van der Waals surface area contributed by atoms with Gasteiger partial charge in [0.1, 0.15) is 5.75 Å². The summed E-state index contributed by atoms with van der Waals surface area (Å²) in [5.74, 6) is 0.719. The molecule has 0 aromatic heterocycles. The first-order valence-corrected chi connectivity index (χ1v) is 7.76. The van der Waals surface area contributed by atoms with Crippen molar-refractivity contribution >= 4 is 5.97 Å². The van der Waals surface area contributed by atoms with Gasteiger partial charge in [-0.05, 0) is 30.2 Å². The minimum Gasteiger partial charge on any atom is -0.497 e. The fraction of sp³-hybridized carbons (Fsp3) is 0.500. The molecule has 1 heterocycles. The molecule has 0 radical (unpaired) electrons. The molecule has 1 aromatic rings. The van der Waals surface area contributed by atoms with Crippen LogP contribution in [0.5, 0.6) is 5.75 Å². The van der Waals surface area contributed by atoms with E-state index in [4.69, 9.17) is 18.9 Å². The third kappa shape index (κ3) is 5.08. The van der Waals surface area contributed by atoms with Crippen LogP contribution in [0, 0.1) is 5.92 Å². The second-order valence-electron chi connectivity index (χ2n) is 5.55. The zero-order valence-corrected chi connectivity index (χ0v) is 13.9. The highest BCUT2D eigenvalue weighted by atomic mass is 16.6. The average molecular weight is 320 g/mol. The number of methoxy groups -OCH3 is 2. The van der Waals surface area contributed by atoms with E-state index in [-0.39, 0.29) is 18.0 Å². The number of esters is 1. The van der Waals surface area contributed by atoms with Crippen LogP contribution in [0.25, 0.3) is 0 Å². The molecule has 23 heavy (non-hydrogen) atoms. The van der Waals surface area contributed by atoms with Crippen LogP contribution in [0.2, 0.25) is 0 Å². The molecule has 0 amide bonds. The Morgan fingerprint density at radius 3 is 2.57 bits per heavy atom. The van der Waals surface area contributed by atoms with Crippen molar-refractivity contribution in [2.45, 2.75) is 32.2 Å². The van der Waals surface area contributed by atoms with Gasteiger partial charge in [0.15, 0.2) is 6.10 Å². The third-order valence-electron chi connectivity index (χ3n) is 3.91. The monoisotopic (exact) mass is 320 g/mol. The highest BCUT2D eigenvalue weighted by molar-refractivity contribution is 5.76. The predicted molar refractivity (Wildman–Crippen MR) is 86.2 cm³/mol. The van der Waals surface area contributed by atoms with Gasteiger partial charge in [0.25, 0.3) is 0 Å². The summed E-state index contributed by atoms with van der Waals surface area (Å²) in [6.45, 7) is 3.18. The Morgan fingerprint density at radius 2 is 1.91 bits per heavy atom. The Hall–Kier alpha value is -1.85. The van der Waals surface area contributed by atoms with Crippen LogP contribution in [0.1, 0.15) is 18.9 Å². The van der Waals surface area contributed by atoms with Crippen LogP contribution in [0.4, 0.5) is 0 Å². The summed E-state index contributed by atoms with van der Waals surface area (Å²) in [6, 6.07) is 7.79. The van der Waals surface area contributed by atoms with Gasteiger partial charge in [-0.1, -0.05) is 25.1 Å². The highest BCUT2D eigenvalue weighted by Gasteiger charge is 2.28. The topological polar surface area (TPSA) is 54.0 Å². The lowest BCUT2D eigenvalue weighted by Crippen LogP contribution is -2.36. The molecule has 0 N–H and O–H groups in total. The molecule has 3 atom stereocenters. The lowest BCUT2D eigenvalue weighted by molar-refractivity contribution is -0.157. The van der Waals surface area contributed by atoms with Gasteiger partial charge < -0.3 is 18.9 Å². The lowest BCUT2D eigenvalue weighted by Gasteiger charge is -2.29. The van der Waals surface area contributed by atoms with Crippen molar-refractivity contribution in [2.24, 2.45) is 5.92 Å². The van der Waals surface area contributed by atoms with E-state index in [2.05, 4.69) is 6.92 Å². The van der Waals surface area contributed by atoms with E-state index < -0.39 is 6.10 Å². The van der Waals surface area contributed by atoms with Crippen molar-refractivity contribution in [2.75, 3.05) is 20.8 Å². The SMILES string of the molecule is COC(=O)[C@@H]1C=C[C@H](C)[C@@H](CCOCc2ccc(OC)cc2)O1. The number of hydrogen-bond donors (Lipinski definition) is 0. The summed E-state index contributed by atoms with van der Waals surface area (Å²) in [7, 11) is 3.01. The van der Waals surface area contributed by atoms with Gasteiger partial charge in [0.05, 0.1) is 26.9 Å². The minimum absolute atomic E-state index is 0.0417. The van der Waals surface area contributed by atoms with E-state index >= 15 is 0 Å². The second-order valence-corrected chi connectivity index (χ2v) is 5.55. The Bertz CT molecular complexity index is 523. The summed E-state index contributed by atoms with van der Waals surface area (Å²) in [5, 5.41) is 0. The van der Waals surface area contributed by atoms with Crippen LogP contribution < -0.4 is 4.74 Å². The fourth-order valence-electron chi connectivity index (χ4n) is 2.45. The molecule has 1 aliphatic heterocycles. The van der Waals surface area contributed by atoms with E-state index in [9.17, 15) is 4.79 Å². The normalized spacial score (nSPS) is 23.5. The van der Waals surface area contributed by atoms with Crippen molar-refractivity contribution < 1.29 is 23.7 Å². The molecule has 126 valence electrons. The second kappa shape index (κ2) is 8.70. The minimum atomic E-state index is -0.609. The first-order chi connectivity index (χ1) is 11.1. The lowest BCUT2D eigenvalue weighted by atomic mass is 9.98. The van der Waals surface area contributed by atoms with Crippen molar-refractivity contribution in [1.82, 2.24) is 0 Å². The molecule has 0 aliphatic carbocycles. The highest BCUT2D eigenvalue weighted by Crippen LogP contribution is 2.22. The summed E-state index contributed by atoms with van der Waals surface area (Å²) in [4.78, 5) is 11.5. The molecule has 2 rings (SSSR count). The average Bonchev–Trinajstić information content (AvgIpc) is 2.60. The van der Waals surface area contributed by atoms with Gasteiger partial charge in [-0.15, -0.1) is 0 Å². The van der Waals surface area contributed by atoms with Gasteiger partial charge in [-0.25, -0.2) is 4.79 Å². The van der Waals surface area contributed by atoms with E-state index in [1.807, 2.05) is 30.3 Å². The molecule has 0 unspecified atom stereocenters. The van der Waals surface area contributed by atoms with Gasteiger partial charge in [0, 0.05) is 12.5 Å². The molecule has 0 saturated heterocycles. The molecule has 0 bridgehead atoms. The number of ether oxygens (including phenoxy) is 4. The molecule has 0 fully saturated rings. The smallest absolute Gasteiger partial charge is 0.339 e. The van der Waals surface area contributed by atoms with Crippen LogP contribution in [0.3, 0.4) is 0 Å². The molecule has 5 heteroatoms. The van der Waals surface area contributed by atoms with Crippen LogP contribution in [-0.4, -0.2) is 39.0 Å².